The molecule has 0 spiro atoms. The van der Waals surface area contributed by atoms with E-state index in [2.05, 4.69) is 62.8 Å². The molecule has 0 saturated heterocycles. The van der Waals surface area contributed by atoms with Crippen LogP contribution in [0.25, 0.3) is 6.58 Å². The highest BCUT2D eigenvalue weighted by molar-refractivity contribution is 7.99. The first-order chi connectivity index (χ1) is 9.04. The third-order valence-corrected chi connectivity index (χ3v) is 4.32. The van der Waals surface area contributed by atoms with Crippen molar-refractivity contribution in [2.75, 3.05) is 19.0 Å². The lowest BCUT2D eigenvalue weighted by Gasteiger charge is -2.18. The summed E-state index contributed by atoms with van der Waals surface area (Å²) < 4.78 is 0. The summed E-state index contributed by atoms with van der Waals surface area (Å²) in [5.41, 5.74) is 3.45. The van der Waals surface area contributed by atoms with Crippen molar-refractivity contribution in [1.82, 2.24) is 0 Å². The van der Waals surface area contributed by atoms with Crippen LogP contribution in [0, 0.1) is 6.92 Å². The van der Waals surface area contributed by atoms with Gasteiger partial charge in [0.25, 0.3) is 0 Å². The number of hydrogen-bond acceptors (Lipinski definition) is 3. The number of hydrogen-bond donors (Lipinski definition) is 0. The van der Waals surface area contributed by atoms with E-state index in [0.717, 1.165) is 16.3 Å². The lowest BCUT2D eigenvalue weighted by molar-refractivity contribution is 1.09. The van der Waals surface area contributed by atoms with Gasteiger partial charge in [0.15, 0.2) is 0 Å². The van der Waals surface area contributed by atoms with Gasteiger partial charge in [-0.3, -0.25) is 0 Å². The van der Waals surface area contributed by atoms with Crippen LogP contribution >= 0.6 is 11.8 Å². The molecule has 0 unspecified atom stereocenters. The molecule has 0 bridgehead atoms. The fraction of sp³-hybridized carbons (Fsp3) is 0.188. The summed E-state index contributed by atoms with van der Waals surface area (Å²) in [6.45, 7) is 6.12. The molecule has 0 atom stereocenters. The van der Waals surface area contributed by atoms with Crippen molar-refractivity contribution in [3.8, 4) is 0 Å². The summed E-state index contributed by atoms with van der Waals surface area (Å²) in [7, 11) is 4.11. The average Bonchev–Trinajstić information content (AvgIpc) is 2.35. The van der Waals surface area contributed by atoms with Crippen molar-refractivity contribution in [2.45, 2.75) is 16.7 Å². The van der Waals surface area contributed by atoms with Crippen LogP contribution in [0.5, 0.6) is 0 Å². The van der Waals surface area contributed by atoms with Gasteiger partial charge in [-0.25, -0.2) is 4.99 Å². The fourth-order valence-corrected chi connectivity index (χ4v) is 3.38. The van der Waals surface area contributed by atoms with Gasteiger partial charge in [-0.1, -0.05) is 24.4 Å². The SMILES string of the molecule is C=c1cc(C)c2c(c1)Sc1cc(N(C)C)ccc1N=2. The van der Waals surface area contributed by atoms with E-state index in [9.17, 15) is 0 Å². The summed E-state index contributed by atoms with van der Waals surface area (Å²) in [6.07, 6.45) is 0. The molecule has 1 heterocycles. The molecular weight excluding hydrogens is 252 g/mol. The molecule has 0 saturated carbocycles. The minimum Gasteiger partial charge on any atom is -0.378 e. The standard InChI is InChI=1S/C16H16N2S/c1-10-7-11(2)16-15(8-10)19-14-9-12(18(3)4)5-6-13(14)17-16/h5-9H,1H2,2-4H3. The Bertz CT molecular complexity index is 763. The minimum atomic E-state index is 1.05. The van der Waals surface area contributed by atoms with E-state index in [0.29, 0.717) is 0 Å². The molecule has 19 heavy (non-hydrogen) atoms. The quantitative estimate of drug-likeness (QED) is 0.674. The highest BCUT2D eigenvalue weighted by atomic mass is 32.2. The zero-order valence-corrected chi connectivity index (χ0v) is 12.2. The van der Waals surface area contributed by atoms with Gasteiger partial charge in [0.1, 0.15) is 0 Å². The second-order valence-electron chi connectivity index (χ2n) is 5.02. The Balaban J connectivity index is 2.22. The maximum absolute atomic E-state index is 4.78. The van der Waals surface area contributed by atoms with Gasteiger partial charge in [0.2, 0.25) is 0 Å². The number of aryl methyl sites for hydroxylation is 1. The Morgan fingerprint density at radius 1 is 1.11 bits per heavy atom. The average molecular weight is 268 g/mol. The lowest BCUT2D eigenvalue weighted by atomic mass is 10.2. The molecule has 2 nitrogen and oxygen atoms in total. The summed E-state index contributed by atoms with van der Waals surface area (Å²) in [4.78, 5) is 9.31. The summed E-state index contributed by atoms with van der Waals surface area (Å²) in [5, 5.41) is 2.13. The molecule has 3 heteroatoms. The highest BCUT2D eigenvalue weighted by Gasteiger charge is 2.14. The molecule has 0 amide bonds. The number of rotatable bonds is 1. The van der Waals surface area contributed by atoms with Crippen LogP contribution in [0.15, 0.2) is 45.1 Å². The largest absolute Gasteiger partial charge is 0.378 e. The third-order valence-electron chi connectivity index (χ3n) is 3.24. The number of nitrogens with zero attached hydrogens (tertiary/aromatic N) is 2. The van der Waals surface area contributed by atoms with Gasteiger partial charge in [-0.2, -0.15) is 0 Å². The monoisotopic (exact) mass is 268 g/mol. The topological polar surface area (TPSA) is 15.6 Å². The van der Waals surface area contributed by atoms with E-state index < -0.39 is 0 Å². The van der Waals surface area contributed by atoms with Crippen LogP contribution in [-0.4, -0.2) is 14.1 Å². The maximum Gasteiger partial charge on any atom is 0.0806 e. The smallest absolute Gasteiger partial charge is 0.0806 e. The molecule has 2 aromatic rings. The number of fused-ring (bicyclic) bond motifs is 2. The van der Waals surface area contributed by atoms with Crippen molar-refractivity contribution in [1.29, 1.82) is 0 Å². The molecule has 96 valence electrons. The van der Waals surface area contributed by atoms with E-state index >= 15 is 0 Å². The summed E-state index contributed by atoms with van der Waals surface area (Å²) in [6, 6.07) is 10.6. The van der Waals surface area contributed by atoms with Crippen molar-refractivity contribution >= 4 is 29.7 Å². The maximum atomic E-state index is 4.78. The van der Waals surface area contributed by atoms with Crippen LogP contribution in [0.3, 0.4) is 0 Å². The molecule has 3 rings (SSSR count). The first-order valence-corrected chi connectivity index (χ1v) is 7.04. The van der Waals surface area contributed by atoms with Gasteiger partial charge < -0.3 is 4.90 Å². The molecule has 0 radical (unpaired) electrons. The first kappa shape index (κ1) is 12.3. The van der Waals surface area contributed by atoms with E-state index in [1.165, 1.54) is 21.0 Å². The Labute approximate surface area is 117 Å². The van der Waals surface area contributed by atoms with Gasteiger partial charge in [-0.05, 0) is 42.0 Å². The molecule has 2 aromatic carbocycles. The molecular formula is C16H16N2S. The number of benzene rings is 2. The summed E-state index contributed by atoms with van der Waals surface area (Å²) >= 11 is 1.78. The van der Waals surface area contributed by atoms with Crippen molar-refractivity contribution in [3.05, 3.63) is 46.5 Å². The van der Waals surface area contributed by atoms with Crippen molar-refractivity contribution in [2.24, 2.45) is 4.99 Å². The van der Waals surface area contributed by atoms with E-state index in [1.54, 1.807) is 11.8 Å². The normalized spacial score (nSPS) is 12.4. The zero-order valence-electron chi connectivity index (χ0n) is 11.4. The highest BCUT2D eigenvalue weighted by Crippen LogP contribution is 2.38. The van der Waals surface area contributed by atoms with E-state index in [4.69, 9.17) is 4.99 Å². The Hall–Kier alpha value is -1.74. The van der Waals surface area contributed by atoms with Crippen LogP contribution in [0.2, 0.25) is 0 Å². The predicted octanol–water partition coefficient (Wildman–Crippen LogP) is 2.89. The minimum absolute atomic E-state index is 1.05. The lowest BCUT2D eigenvalue weighted by Crippen LogP contribution is -2.17. The third kappa shape index (κ3) is 2.15. The predicted molar refractivity (Wildman–Crippen MR) is 82.0 cm³/mol. The fourth-order valence-electron chi connectivity index (χ4n) is 2.23. The Morgan fingerprint density at radius 2 is 1.89 bits per heavy atom. The second kappa shape index (κ2) is 4.42. The molecule has 1 aliphatic heterocycles. The molecule has 0 aliphatic carbocycles. The van der Waals surface area contributed by atoms with Gasteiger partial charge in [0, 0.05) is 29.6 Å². The molecule has 0 fully saturated rings. The van der Waals surface area contributed by atoms with Crippen molar-refractivity contribution < 1.29 is 0 Å². The van der Waals surface area contributed by atoms with Gasteiger partial charge in [0.05, 0.1) is 11.0 Å². The zero-order chi connectivity index (χ0) is 13.6. The first-order valence-electron chi connectivity index (χ1n) is 6.22. The summed E-state index contributed by atoms with van der Waals surface area (Å²) in [5.74, 6) is 0. The molecule has 1 aliphatic rings. The second-order valence-corrected chi connectivity index (χ2v) is 6.10. The number of anilines is 1. The van der Waals surface area contributed by atoms with E-state index in [-0.39, 0.29) is 0 Å². The van der Waals surface area contributed by atoms with Crippen LogP contribution < -0.4 is 15.5 Å². The molecule has 0 aromatic heterocycles. The Morgan fingerprint density at radius 3 is 2.63 bits per heavy atom. The Kier molecular flexibility index (Phi) is 2.86. The van der Waals surface area contributed by atoms with Crippen LogP contribution in [0.4, 0.5) is 11.4 Å². The van der Waals surface area contributed by atoms with Crippen LogP contribution in [0.1, 0.15) is 5.56 Å². The molecule has 0 N–H and O–H groups in total. The van der Waals surface area contributed by atoms with Crippen LogP contribution in [-0.2, 0) is 0 Å². The van der Waals surface area contributed by atoms with Crippen molar-refractivity contribution in [3.63, 3.8) is 0 Å². The van der Waals surface area contributed by atoms with E-state index in [1.807, 2.05) is 0 Å². The van der Waals surface area contributed by atoms with Gasteiger partial charge >= 0.3 is 0 Å². The van der Waals surface area contributed by atoms with Gasteiger partial charge in [-0.15, -0.1) is 0 Å².